The highest BCUT2D eigenvalue weighted by atomic mass is 19.1. The average molecular weight is 323 g/mol. The van der Waals surface area contributed by atoms with Gasteiger partial charge in [-0.05, 0) is 23.8 Å². The summed E-state index contributed by atoms with van der Waals surface area (Å²) in [5, 5.41) is 8.86. The van der Waals surface area contributed by atoms with E-state index in [-0.39, 0.29) is 5.56 Å². The second-order valence-corrected chi connectivity index (χ2v) is 5.16. The van der Waals surface area contributed by atoms with Gasteiger partial charge in [0, 0.05) is 23.4 Å². The molecule has 3 rings (SSSR count). The van der Waals surface area contributed by atoms with Crippen LogP contribution in [0.5, 0.6) is 5.88 Å². The fourth-order valence-electron chi connectivity index (χ4n) is 2.24. The normalized spacial score (nSPS) is 10.4. The van der Waals surface area contributed by atoms with Gasteiger partial charge >= 0.3 is 5.97 Å². The molecule has 3 aromatic rings. The largest absolute Gasteiger partial charge is 0.478 e. The van der Waals surface area contributed by atoms with Crippen molar-refractivity contribution < 1.29 is 19.0 Å². The van der Waals surface area contributed by atoms with Gasteiger partial charge in [0.2, 0.25) is 5.88 Å². The van der Waals surface area contributed by atoms with Gasteiger partial charge in [-0.15, -0.1) is 0 Å². The number of carboxylic acids is 1. The van der Waals surface area contributed by atoms with Gasteiger partial charge in [0.15, 0.2) is 0 Å². The Bertz CT molecular complexity index is 848. The van der Waals surface area contributed by atoms with Crippen LogP contribution in [0.15, 0.2) is 66.9 Å². The molecule has 1 aromatic heterocycles. The number of carboxylic acid groups (broad SMARTS) is 1. The Morgan fingerprint density at radius 2 is 1.88 bits per heavy atom. The highest BCUT2D eigenvalue weighted by molar-refractivity contribution is 5.88. The first-order valence-corrected chi connectivity index (χ1v) is 7.29. The van der Waals surface area contributed by atoms with Crippen molar-refractivity contribution in [1.29, 1.82) is 0 Å². The average Bonchev–Trinajstić information content (AvgIpc) is 2.61. The summed E-state index contributed by atoms with van der Waals surface area (Å²) < 4.78 is 19.6. The molecule has 24 heavy (non-hydrogen) atoms. The lowest BCUT2D eigenvalue weighted by molar-refractivity contribution is 0.0696. The summed E-state index contributed by atoms with van der Waals surface area (Å²) in [6.45, 7) is 0.398. The summed E-state index contributed by atoms with van der Waals surface area (Å²) in [5.74, 6) is -1.33. The molecule has 0 bridgehead atoms. The van der Waals surface area contributed by atoms with Gasteiger partial charge in [0.25, 0.3) is 0 Å². The zero-order valence-corrected chi connectivity index (χ0v) is 12.6. The van der Waals surface area contributed by atoms with Crippen molar-refractivity contribution in [2.24, 2.45) is 0 Å². The van der Waals surface area contributed by atoms with Crippen LogP contribution < -0.4 is 4.74 Å². The molecule has 2 aromatic carbocycles. The van der Waals surface area contributed by atoms with Gasteiger partial charge in [-0.3, -0.25) is 0 Å². The van der Waals surface area contributed by atoms with E-state index in [1.165, 1.54) is 18.3 Å². The van der Waals surface area contributed by atoms with E-state index >= 15 is 0 Å². The Morgan fingerprint density at radius 3 is 2.50 bits per heavy atom. The summed E-state index contributed by atoms with van der Waals surface area (Å²) in [4.78, 5) is 15.0. The van der Waals surface area contributed by atoms with Crippen LogP contribution >= 0.6 is 0 Å². The fraction of sp³-hybridized carbons (Fsp3) is 0.0526. The van der Waals surface area contributed by atoms with E-state index in [4.69, 9.17) is 9.84 Å². The minimum absolute atomic E-state index is 0.0907. The Morgan fingerprint density at radius 1 is 1.08 bits per heavy atom. The standard InChI is InChI=1S/C19H14FNO3/c20-17-10-14(19(22)23)6-8-16(17)15-7-9-18(21-11-15)24-12-13-4-2-1-3-5-13/h1-11H,12H2,(H,22,23). The molecule has 4 nitrogen and oxygen atoms in total. The van der Waals surface area contributed by atoms with E-state index in [1.54, 1.807) is 12.1 Å². The van der Waals surface area contributed by atoms with Crippen LogP contribution in [-0.2, 0) is 6.61 Å². The number of hydrogen-bond donors (Lipinski definition) is 1. The molecule has 0 radical (unpaired) electrons. The molecule has 5 heteroatoms. The molecule has 0 aliphatic heterocycles. The number of hydrogen-bond acceptors (Lipinski definition) is 3. The number of rotatable bonds is 5. The number of benzene rings is 2. The summed E-state index contributed by atoms with van der Waals surface area (Å²) in [5.41, 5.74) is 1.78. The maximum Gasteiger partial charge on any atom is 0.335 e. The van der Waals surface area contributed by atoms with E-state index < -0.39 is 11.8 Å². The molecule has 0 fully saturated rings. The smallest absolute Gasteiger partial charge is 0.335 e. The highest BCUT2D eigenvalue weighted by Gasteiger charge is 2.10. The predicted octanol–water partition coefficient (Wildman–Crippen LogP) is 4.16. The third-order valence-electron chi connectivity index (χ3n) is 3.49. The van der Waals surface area contributed by atoms with Crippen molar-refractivity contribution >= 4 is 5.97 Å². The Labute approximate surface area is 138 Å². The molecule has 1 heterocycles. The van der Waals surface area contributed by atoms with Crippen LogP contribution in [0.25, 0.3) is 11.1 Å². The van der Waals surface area contributed by atoms with Gasteiger partial charge in [-0.2, -0.15) is 0 Å². The van der Waals surface area contributed by atoms with Crippen molar-refractivity contribution in [2.45, 2.75) is 6.61 Å². The number of halogens is 1. The number of aromatic carboxylic acids is 1. The minimum Gasteiger partial charge on any atom is -0.478 e. The van der Waals surface area contributed by atoms with E-state index in [9.17, 15) is 9.18 Å². The van der Waals surface area contributed by atoms with Crippen LogP contribution in [0.3, 0.4) is 0 Å². The number of pyridine rings is 1. The first-order valence-electron chi connectivity index (χ1n) is 7.29. The van der Waals surface area contributed by atoms with E-state index in [2.05, 4.69) is 4.98 Å². The Kier molecular flexibility index (Phi) is 4.52. The first kappa shape index (κ1) is 15.7. The van der Waals surface area contributed by atoms with Crippen LogP contribution in [-0.4, -0.2) is 16.1 Å². The van der Waals surface area contributed by atoms with Crippen LogP contribution in [0.1, 0.15) is 15.9 Å². The molecule has 0 saturated heterocycles. The van der Waals surface area contributed by atoms with Gasteiger partial charge in [0.05, 0.1) is 5.56 Å². The summed E-state index contributed by atoms with van der Waals surface area (Å²) in [7, 11) is 0. The second kappa shape index (κ2) is 6.91. The monoisotopic (exact) mass is 323 g/mol. The highest BCUT2D eigenvalue weighted by Crippen LogP contribution is 2.24. The lowest BCUT2D eigenvalue weighted by Crippen LogP contribution is -1.98. The molecule has 0 saturated carbocycles. The van der Waals surface area contributed by atoms with E-state index in [0.29, 0.717) is 23.6 Å². The van der Waals surface area contributed by atoms with Crippen LogP contribution in [0, 0.1) is 5.82 Å². The number of aromatic nitrogens is 1. The molecule has 0 spiro atoms. The van der Waals surface area contributed by atoms with Crippen molar-refractivity contribution in [2.75, 3.05) is 0 Å². The van der Waals surface area contributed by atoms with Crippen molar-refractivity contribution in [3.63, 3.8) is 0 Å². The molecular formula is C19H14FNO3. The van der Waals surface area contributed by atoms with Crippen LogP contribution in [0.2, 0.25) is 0 Å². The molecule has 1 N–H and O–H groups in total. The van der Waals surface area contributed by atoms with E-state index in [0.717, 1.165) is 11.6 Å². The molecule has 0 amide bonds. The van der Waals surface area contributed by atoms with E-state index in [1.807, 2.05) is 30.3 Å². The van der Waals surface area contributed by atoms with Gasteiger partial charge in [-0.25, -0.2) is 14.2 Å². The van der Waals surface area contributed by atoms with Crippen molar-refractivity contribution in [3.05, 3.63) is 83.8 Å². The van der Waals surface area contributed by atoms with Crippen molar-refractivity contribution in [1.82, 2.24) is 4.98 Å². The Hall–Kier alpha value is -3.21. The number of ether oxygens (including phenoxy) is 1. The minimum atomic E-state index is -1.16. The number of carbonyl (C=O) groups is 1. The summed E-state index contributed by atoms with van der Waals surface area (Å²) in [6, 6.07) is 16.8. The quantitative estimate of drug-likeness (QED) is 0.766. The third-order valence-corrected chi connectivity index (χ3v) is 3.49. The summed E-state index contributed by atoms with van der Waals surface area (Å²) in [6.07, 6.45) is 1.50. The predicted molar refractivity (Wildman–Crippen MR) is 87.4 cm³/mol. The van der Waals surface area contributed by atoms with Gasteiger partial charge < -0.3 is 9.84 Å². The van der Waals surface area contributed by atoms with Gasteiger partial charge in [-0.1, -0.05) is 36.4 Å². The molecule has 0 aliphatic rings. The molecule has 120 valence electrons. The zero-order chi connectivity index (χ0) is 16.9. The molecule has 0 atom stereocenters. The maximum absolute atomic E-state index is 14.0. The zero-order valence-electron chi connectivity index (χ0n) is 12.6. The first-order chi connectivity index (χ1) is 11.6. The maximum atomic E-state index is 14.0. The van der Waals surface area contributed by atoms with Gasteiger partial charge in [0.1, 0.15) is 12.4 Å². The topological polar surface area (TPSA) is 59.4 Å². The fourth-order valence-corrected chi connectivity index (χ4v) is 2.24. The SMILES string of the molecule is O=C(O)c1ccc(-c2ccc(OCc3ccccc3)nc2)c(F)c1. The van der Waals surface area contributed by atoms with Crippen molar-refractivity contribution in [3.8, 4) is 17.0 Å². The molecule has 0 unspecified atom stereocenters. The molecule has 0 aliphatic carbocycles. The lowest BCUT2D eigenvalue weighted by Gasteiger charge is -2.07. The lowest BCUT2D eigenvalue weighted by atomic mass is 10.0. The second-order valence-electron chi connectivity index (χ2n) is 5.16. The summed E-state index contributed by atoms with van der Waals surface area (Å²) >= 11 is 0. The third kappa shape index (κ3) is 3.57. The number of nitrogens with zero attached hydrogens (tertiary/aromatic N) is 1. The van der Waals surface area contributed by atoms with Crippen LogP contribution in [0.4, 0.5) is 4.39 Å². The molecular weight excluding hydrogens is 309 g/mol. The Balaban J connectivity index is 1.73.